The average molecular weight is 445 g/mol. The van der Waals surface area contributed by atoms with Gasteiger partial charge in [0.1, 0.15) is 0 Å². The predicted molar refractivity (Wildman–Crippen MR) is 134 cm³/mol. The number of carbonyl (C=O) groups excluding carboxylic acids is 2. The Morgan fingerprint density at radius 2 is 1.56 bits per heavy atom. The molecule has 1 saturated heterocycles. The molecule has 7 rings (SSSR count). The van der Waals surface area contributed by atoms with Crippen LogP contribution in [0.15, 0.2) is 91.0 Å². The van der Waals surface area contributed by atoms with Crippen LogP contribution in [0.5, 0.6) is 0 Å². The lowest BCUT2D eigenvalue weighted by Gasteiger charge is -2.48. The highest BCUT2D eigenvalue weighted by molar-refractivity contribution is 6.25. The second kappa shape index (κ2) is 7.04. The number of amides is 2. The van der Waals surface area contributed by atoms with Crippen molar-refractivity contribution < 1.29 is 9.59 Å². The van der Waals surface area contributed by atoms with E-state index in [1.807, 2.05) is 54.6 Å². The molecule has 0 aliphatic carbocycles. The average Bonchev–Trinajstić information content (AvgIpc) is 3.13. The van der Waals surface area contributed by atoms with E-state index >= 15 is 0 Å². The van der Waals surface area contributed by atoms with Gasteiger partial charge in [-0.3, -0.25) is 9.59 Å². The second-order valence-corrected chi connectivity index (χ2v) is 9.70. The number of hydrogen-bond acceptors (Lipinski definition) is 3. The van der Waals surface area contributed by atoms with Crippen LogP contribution < -0.4 is 9.80 Å². The van der Waals surface area contributed by atoms with Crippen molar-refractivity contribution in [1.82, 2.24) is 0 Å². The largest absolute Gasteiger partial charge is 0.364 e. The summed E-state index contributed by atoms with van der Waals surface area (Å²) in [4.78, 5) is 31.6. The van der Waals surface area contributed by atoms with E-state index in [0.29, 0.717) is 12.1 Å². The van der Waals surface area contributed by atoms with Crippen LogP contribution >= 0.6 is 0 Å². The maximum atomic E-state index is 14.3. The molecule has 1 fully saturated rings. The lowest BCUT2D eigenvalue weighted by Crippen LogP contribution is -2.49. The lowest BCUT2D eigenvalue weighted by atomic mass is 9.68. The fraction of sp³-hybridized carbons (Fsp3) is 0.200. The molecular weight excluding hydrogens is 420 g/mol. The summed E-state index contributed by atoms with van der Waals surface area (Å²) in [5.74, 6) is -0.212. The summed E-state index contributed by atoms with van der Waals surface area (Å²) in [5.41, 5.74) is 4.54. The van der Waals surface area contributed by atoms with Gasteiger partial charge in [0.15, 0.2) is 0 Å². The zero-order chi connectivity index (χ0) is 22.9. The molecular formula is C30H24N2O2. The van der Waals surface area contributed by atoms with E-state index in [1.54, 1.807) is 0 Å². The highest BCUT2D eigenvalue weighted by Gasteiger charge is 2.58. The van der Waals surface area contributed by atoms with Crippen LogP contribution in [0.25, 0.3) is 10.8 Å². The Morgan fingerprint density at radius 1 is 0.794 bits per heavy atom. The molecule has 2 atom stereocenters. The quantitative estimate of drug-likeness (QED) is 0.362. The summed E-state index contributed by atoms with van der Waals surface area (Å²) in [6, 6.07) is 30.7. The number of rotatable bonds is 1. The van der Waals surface area contributed by atoms with Gasteiger partial charge in [0.05, 0.1) is 17.1 Å². The van der Waals surface area contributed by atoms with Gasteiger partial charge in [-0.2, -0.15) is 0 Å². The molecule has 166 valence electrons. The summed E-state index contributed by atoms with van der Waals surface area (Å²) in [7, 11) is 0. The molecule has 0 radical (unpaired) electrons. The molecule has 34 heavy (non-hydrogen) atoms. The molecule has 4 heteroatoms. The molecule has 3 aliphatic heterocycles. The molecule has 3 aliphatic rings. The fourth-order valence-electron chi connectivity index (χ4n) is 6.42. The SMILES string of the molecule is O=C1CC2(CC3c4ccccc4CCN3c3ccccc32)C(=O)N1c1ccc2ccccc2c1. The van der Waals surface area contributed by atoms with Crippen molar-refractivity contribution in [3.05, 3.63) is 108 Å². The van der Waals surface area contributed by atoms with Crippen molar-refractivity contribution in [3.63, 3.8) is 0 Å². The van der Waals surface area contributed by atoms with Crippen molar-refractivity contribution in [2.45, 2.75) is 30.7 Å². The van der Waals surface area contributed by atoms with E-state index < -0.39 is 5.41 Å². The molecule has 3 heterocycles. The Balaban J connectivity index is 1.38. The first-order valence-electron chi connectivity index (χ1n) is 12.0. The molecule has 2 amide bonds. The minimum absolute atomic E-state index is 0.0909. The normalized spacial score (nSPS) is 23.2. The first kappa shape index (κ1) is 19.5. The Bertz CT molecular complexity index is 1490. The molecule has 0 aromatic heterocycles. The molecule has 1 spiro atoms. The third-order valence-electron chi connectivity index (χ3n) is 7.99. The van der Waals surface area contributed by atoms with Crippen molar-refractivity contribution in [3.8, 4) is 0 Å². The smallest absolute Gasteiger partial charge is 0.245 e. The molecule has 4 aromatic carbocycles. The third-order valence-corrected chi connectivity index (χ3v) is 7.99. The van der Waals surface area contributed by atoms with E-state index in [-0.39, 0.29) is 24.3 Å². The van der Waals surface area contributed by atoms with Gasteiger partial charge in [-0.15, -0.1) is 0 Å². The number of hydrogen-bond donors (Lipinski definition) is 0. The molecule has 0 saturated carbocycles. The van der Waals surface area contributed by atoms with Gasteiger partial charge in [0.2, 0.25) is 11.8 Å². The highest BCUT2D eigenvalue weighted by Crippen LogP contribution is 2.55. The monoisotopic (exact) mass is 444 g/mol. The number of fused-ring (bicyclic) bond motifs is 7. The first-order valence-corrected chi connectivity index (χ1v) is 12.0. The van der Waals surface area contributed by atoms with Gasteiger partial charge in [0, 0.05) is 18.7 Å². The van der Waals surface area contributed by atoms with Gasteiger partial charge in [-0.05, 0) is 58.5 Å². The Hall–Kier alpha value is -3.92. The van der Waals surface area contributed by atoms with Crippen LogP contribution in [0.1, 0.15) is 35.6 Å². The van der Waals surface area contributed by atoms with E-state index in [0.717, 1.165) is 35.0 Å². The lowest BCUT2D eigenvalue weighted by molar-refractivity contribution is -0.123. The van der Waals surface area contributed by atoms with Gasteiger partial charge in [0.25, 0.3) is 0 Å². The zero-order valence-corrected chi connectivity index (χ0v) is 18.8. The minimum Gasteiger partial charge on any atom is -0.364 e. The Labute approximate surface area is 198 Å². The van der Waals surface area contributed by atoms with Crippen LogP contribution in [-0.4, -0.2) is 18.4 Å². The number of imide groups is 1. The minimum atomic E-state index is -0.842. The van der Waals surface area contributed by atoms with Crippen molar-refractivity contribution in [1.29, 1.82) is 0 Å². The molecule has 0 bridgehead atoms. The molecule has 0 N–H and O–H groups in total. The molecule has 4 aromatic rings. The molecule has 4 nitrogen and oxygen atoms in total. The summed E-state index contributed by atoms with van der Waals surface area (Å²) < 4.78 is 0. The number of nitrogens with zero attached hydrogens (tertiary/aromatic N) is 2. The first-order chi connectivity index (χ1) is 16.7. The van der Waals surface area contributed by atoms with E-state index in [4.69, 9.17) is 0 Å². The summed E-state index contributed by atoms with van der Waals surface area (Å²) in [5, 5.41) is 2.12. The fourth-order valence-corrected chi connectivity index (χ4v) is 6.42. The van der Waals surface area contributed by atoms with E-state index in [1.165, 1.54) is 16.0 Å². The van der Waals surface area contributed by atoms with Gasteiger partial charge in [-0.25, -0.2) is 4.90 Å². The van der Waals surface area contributed by atoms with Crippen molar-refractivity contribution >= 4 is 34.0 Å². The van der Waals surface area contributed by atoms with Crippen LogP contribution in [0.2, 0.25) is 0 Å². The van der Waals surface area contributed by atoms with Gasteiger partial charge >= 0.3 is 0 Å². The summed E-state index contributed by atoms with van der Waals surface area (Å²) in [6.07, 6.45) is 1.82. The number of anilines is 2. The summed E-state index contributed by atoms with van der Waals surface area (Å²) in [6.45, 7) is 0.922. The standard InChI is InChI=1S/C30H24N2O2/c33-28-19-30(29(34)32(28)23-14-13-20-7-1-2-9-22(20)17-23)18-27-24-10-4-3-8-21(24)15-16-31(27)26-12-6-5-11-25(26)30/h1-14,17,27H,15-16,18-19H2. The summed E-state index contributed by atoms with van der Waals surface area (Å²) >= 11 is 0. The zero-order valence-electron chi connectivity index (χ0n) is 18.8. The van der Waals surface area contributed by atoms with Gasteiger partial charge in [-0.1, -0.05) is 72.8 Å². The third kappa shape index (κ3) is 2.59. The van der Waals surface area contributed by atoms with Crippen molar-refractivity contribution in [2.24, 2.45) is 0 Å². The van der Waals surface area contributed by atoms with Crippen LogP contribution in [-0.2, 0) is 21.4 Å². The van der Waals surface area contributed by atoms with E-state index in [9.17, 15) is 9.59 Å². The number of para-hydroxylation sites is 1. The van der Waals surface area contributed by atoms with E-state index in [2.05, 4.69) is 41.3 Å². The predicted octanol–water partition coefficient (Wildman–Crippen LogP) is 5.55. The van der Waals surface area contributed by atoms with Crippen LogP contribution in [0.3, 0.4) is 0 Å². The Morgan fingerprint density at radius 3 is 2.47 bits per heavy atom. The van der Waals surface area contributed by atoms with Crippen molar-refractivity contribution in [2.75, 3.05) is 16.3 Å². The maximum Gasteiger partial charge on any atom is 0.245 e. The van der Waals surface area contributed by atoms with Gasteiger partial charge < -0.3 is 4.90 Å². The number of carbonyl (C=O) groups is 2. The highest BCUT2D eigenvalue weighted by atomic mass is 16.2. The van der Waals surface area contributed by atoms with Crippen LogP contribution in [0, 0.1) is 0 Å². The maximum absolute atomic E-state index is 14.3. The number of benzene rings is 4. The van der Waals surface area contributed by atoms with Crippen LogP contribution in [0.4, 0.5) is 11.4 Å². The molecule has 2 unspecified atom stereocenters. The topological polar surface area (TPSA) is 40.6 Å². The Kier molecular flexibility index (Phi) is 4.04. The second-order valence-electron chi connectivity index (χ2n) is 9.70.